The van der Waals surface area contributed by atoms with Crippen molar-refractivity contribution in [3.8, 4) is 0 Å². The van der Waals surface area contributed by atoms with Crippen LogP contribution < -0.4 is 11.2 Å². The number of guanidine groups is 1. The van der Waals surface area contributed by atoms with Crippen molar-refractivity contribution in [2.45, 2.75) is 57.9 Å². The zero-order chi connectivity index (χ0) is 12.3. The number of hydroxylamine groups is 1. The molecule has 4 N–H and O–H groups in total. The van der Waals surface area contributed by atoms with Crippen LogP contribution in [0, 0.1) is 16.7 Å². The summed E-state index contributed by atoms with van der Waals surface area (Å²) in [5.74, 6) is 0.982. The molecule has 0 saturated heterocycles. The van der Waals surface area contributed by atoms with Gasteiger partial charge in [-0.3, -0.25) is 5.21 Å². The minimum Gasteiger partial charge on any atom is -0.368 e. The average Bonchev–Trinajstić information content (AvgIpc) is 2.10. The van der Waals surface area contributed by atoms with Gasteiger partial charge in [-0.2, -0.15) is 0 Å². The smallest absolute Gasteiger partial charge is 0.213 e. The molecule has 17 heavy (non-hydrogen) atoms. The fraction of sp³-hybridized carbons (Fsp3) is 0.923. The highest BCUT2D eigenvalue weighted by Crippen LogP contribution is 2.67. The number of aliphatic imine (C=N–C) groups is 1. The van der Waals surface area contributed by atoms with E-state index in [-0.39, 0.29) is 11.5 Å². The first-order valence-corrected chi connectivity index (χ1v) is 6.62. The first-order chi connectivity index (χ1) is 7.86. The molecule has 4 heteroatoms. The molecule has 0 aromatic heterocycles. The molecule has 4 saturated carbocycles. The van der Waals surface area contributed by atoms with E-state index < -0.39 is 0 Å². The van der Waals surface area contributed by atoms with Crippen molar-refractivity contribution in [2.75, 3.05) is 0 Å². The highest BCUT2D eigenvalue weighted by molar-refractivity contribution is 5.77. The van der Waals surface area contributed by atoms with Gasteiger partial charge >= 0.3 is 0 Å². The molecule has 0 heterocycles. The SMILES string of the molecule is CC12CC3CC(C)(C1)CC(N=C(N)NO)(C3)C2. The van der Waals surface area contributed by atoms with Crippen LogP contribution in [0.25, 0.3) is 0 Å². The number of hydrogen-bond donors (Lipinski definition) is 3. The van der Waals surface area contributed by atoms with E-state index in [2.05, 4.69) is 18.8 Å². The number of nitrogens with one attached hydrogen (secondary N) is 1. The molecule has 0 aliphatic heterocycles. The van der Waals surface area contributed by atoms with Crippen molar-refractivity contribution in [1.29, 1.82) is 0 Å². The van der Waals surface area contributed by atoms with Gasteiger partial charge in [-0.1, -0.05) is 13.8 Å². The summed E-state index contributed by atoms with van der Waals surface area (Å²) in [5.41, 5.74) is 8.53. The maximum Gasteiger partial charge on any atom is 0.213 e. The molecule has 96 valence electrons. The second-order valence-corrected chi connectivity index (χ2v) is 7.46. The molecule has 4 aliphatic rings. The standard InChI is InChI=1S/C13H23N3O/c1-11-3-9-4-12(2,6-11)8-13(5-9,7-11)15-10(14)16-17/h9,17H,3-8H2,1-2H3,(H3,14,15,16). The van der Waals surface area contributed by atoms with E-state index in [1.54, 1.807) is 0 Å². The Hall–Kier alpha value is -0.770. The Labute approximate surface area is 103 Å². The summed E-state index contributed by atoms with van der Waals surface area (Å²) in [6, 6.07) is 0. The quantitative estimate of drug-likeness (QED) is 0.371. The summed E-state index contributed by atoms with van der Waals surface area (Å²) in [5, 5.41) is 8.86. The van der Waals surface area contributed by atoms with E-state index in [9.17, 15) is 0 Å². The van der Waals surface area contributed by atoms with Gasteiger partial charge in [0.1, 0.15) is 0 Å². The van der Waals surface area contributed by atoms with Crippen molar-refractivity contribution in [3.63, 3.8) is 0 Å². The Balaban J connectivity index is 1.97. The van der Waals surface area contributed by atoms with E-state index in [4.69, 9.17) is 10.9 Å². The average molecular weight is 237 g/mol. The summed E-state index contributed by atoms with van der Waals surface area (Å²) in [4.78, 5) is 4.61. The third-order valence-electron chi connectivity index (χ3n) is 5.07. The zero-order valence-electron chi connectivity index (χ0n) is 10.8. The van der Waals surface area contributed by atoms with Gasteiger partial charge in [0.15, 0.2) is 0 Å². The summed E-state index contributed by atoms with van der Waals surface area (Å²) in [6.45, 7) is 4.81. The molecule has 4 nitrogen and oxygen atoms in total. The lowest BCUT2D eigenvalue weighted by atomic mass is 9.43. The molecular formula is C13H23N3O. The van der Waals surface area contributed by atoms with E-state index in [1.165, 1.54) is 19.3 Å². The number of nitrogens with two attached hydrogens (primary N) is 1. The molecule has 4 rings (SSSR count). The van der Waals surface area contributed by atoms with Gasteiger partial charge in [0.05, 0.1) is 5.54 Å². The van der Waals surface area contributed by atoms with Crippen molar-refractivity contribution < 1.29 is 5.21 Å². The predicted molar refractivity (Wildman–Crippen MR) is 66.7 cm³/mol. The van der Waals surface area contributed by atoms with E-state index >= 15 is 0 Å². The number of hydrogen-bond acceptors (Lipinski definition) is 2. The monoisotopic (exact) mass is 237 g/mol. The molecule has 4 aliphatic carbocycles. The van der Waals surface area contributed by atoms with E-state index in [0.29, 0.717) is 10.8 Å². The summed E-state index contributed by atoms with van der Waals surface area (Å²) < 4.78 is 0. The van der Waals surface area contributed by atoms with Gasteiger partial charge in [-0.25, -0.2) is 10.5 Å². The van der Waals surface area contributed by atoms with Gasteiger partial charge in [-0.05, 0) is 55.3 Å². The molecule has 0 spiro atoms. The van der Waals surface area contributed by atoms with E-state index in [1.807, 2.05) is 5.48 Å². The lowest BCUT2D eigenvalue weighted by molar-refractivity contribution is -0.104. The summed E-state index contributed by atoms with van der Waals surface area (Å²) in [7, 11) is 0. The van der Waals surface area contributed by atoms with Crippen molar-refractivity contribution in [1.82, 2.24) is 5.48 Å². The van der Waals surface area contributed by atoms with Gasteiger partial charge < -0.3 is 5.73 Å². The molecule has 0 aromatic carbocycles. The topological polar surface area (TPSA) is 70.6 Å². The molecule has 4 fully saturated rings. The molecule has 0 radical (unpaired) electrons. The van der Waals surface area contributed by atoms with Crippen LogP contribution in [0.3, 0.4) is 0 Å². The first-order valence-electron chi connectivity index (χ1n) is 6.62. The highest BCUT2D eigenvalue weighted by Gasteiger charge is 2.60. The Kier molecular flexibility index (Phi) is 2.11. The lowest BCUT2D eigenvalue weighted by Gasteiger charge is -2.64. The normalized spacial score (nSPS) is 52.9. The van der Waals surface area contributed by atoms with Crippen molar-refractivity contribution in [2.24, 2.45) is 27.5 Å². The first kappa shape index (κ1) is 11.3. The van der Waals surface area contributed by atoms with Crippen LogP contribution in [0.5, 0.6) is 0 Å². The van der Waals surface area contributed by atoms with Crippen LogP contribution in [-0.4, -0.2) is 16.7 Å². The molecule has 2 unspecified atom stereocenters. The Morgan fingerprint density at radius 2 is 1.76 bits per heavy atom. The van der Waals surface area contributed by atoms with Crippen molar-refractivity contribution >= 4 is 5.96 Å². The van der Waals surface area contributed by atoms with Crippen LogP contribution in [0.2, 0.25) is 0 Å². The van der Waals surface area contributed by atoms with Crippen LogP contribution in [0.15, 0.2) is 4.99 Å². The van der Waals surface area contributed by atoms with Gasteiger partial charge in [0.25, 0.3) is 0 Å². The summed E-state index contributed by atoms with van der Waals surface area (Å²) in [6.07, 6.45) is 7.46. The lowest BCUT2D eigenvalue weighted by Crippen LogP contribution is -2.58. The molecule has 2 atom stereocenters. The largest absolute Gasteiger partial charge is 0.368 e. The maximum atomic E-state index is 8.86. The predicted octanol–water partition coefficient (Wildman–Crippen LogP) is 2.03. The third-order valence-corrected chi connectivity index (χ3v) is 5.07. The minimum absolute atomic E-state index is 0.0112. The Morgan fingerprint density at radius 3 is 2.24 bits per heavy atom. The van der Waals surface area contributed by atoms with Crippen LogP contribution in [-0.2, 0) is 0 Å². The van der Waals surface area contributed by atoms with Gasteiger partial charge in [0.2, 0.25) is 5.96 Å². The second kappa shape index (κ2) is 3.16. The van der Waals surface area contributed by atoms with Crippen molar-refractivity contribution in [3.05, 3.63) is 0 Å². The molecule has 4 bridgehead atoms. The molecule has 0 amide bonds. The number of nitrogens with zero attached hydrogens (tertiary/aromatic N) is 1. The van der Waals surface area contributed by atoms with Crippen LogP contribution >= 0.6 is 0 Å². The Bertz CT molecular complexity index is 361. The fourth-order valence-corrected chi connectivity index (χ4v) is 5.79. The van der Waals surface area contributed by atoms with E-state index in [0.717, 1.165) is 25.2 Å². The summed E-state index contributed by atoms with van der Waals surface area (Å²) >= 11 is 0. The van der Waals surface area contributed by atoms with Gasteiger partial charge in [0, 0.05) is 0 Å². The zero-order valence-corrected chi connectivity index (χ0v) is 10.8. The number of rotatable bonds is 1. The molecule has 0 aromatic rings. The maximum absolute atomic E-state index is 8.86. The molecular weight excluding hydrogens is 214 g/mol. The third kappa shape index (κ3) is 1.73. The highest BCUT2D eigenvalue weighted by atomic mass is 16.5. The Morgan fingerprint density at radius 1 is 1.18 bits per heavy atom. The van der Waals surface area contributed by atoms with Crippen LogP contribution in [0.1, 0.15) is 52.4 Å². The van der Waals surface area contributed by atoms with Crippen LogP contribution in [0.4, 0.5) is 0 Å². The fourth-order valence-electron chi connectivity index (χ4n) is 5.79. The second-order valence-electron chi connectivity index (χ2n) is 7.46. The van der Waals surface area contributed by atoms with Gasteiger partial charge in [-0.15, -0.1) is 0 Å². The minimum atomic E-state index is -0.0112.